The number of nitrogens with zero attached hydrogens (tertiary/aromatic N) is 6. The van der Waals surface area contributed by atoms with Crippen molar-refractivity contribution in [2.75, 3.05) is 45.3 Å². The molecule has 0 unspecified atom stereocenters. The Kier molecular flexibility index (Phi) is 9.07. The largest absolute Gasteiger partial charge is 0.508 e. The van der Waals surface area contributed by atoms with Crippen molar-refractivity contribution in [3.63, 3.8) is 0 Å². The zero-order valence-corrected chi connectivity index (χ0v) is 27.0. The van der Waals surface area contributed by atoms with E-state index in [-0.39, 0.29) is 46.2 Å². The number of aliphatic hydroxyl groups is 2. The minimum atomic E-state index is -0.917. The summed E-state index contributed by atoms with van der Waals surface area (Å²) in [5, 5.41) is 29.3. The maximum Gasteiger partial charge on any atom is 0.320 e. The van der Waals surface area contributed by atoms with Crippen molar-refractivity contribution < 1.29 is 29.2 Å². The van der Waals surface area contributed by atoms with E-state index in [1.807, 2.05) is 16.4 Å². The van der Waals surface area contributed by atoms with Crippen LogP contribution in [0.3, 0.4) is 0 Å². The number of rotatable bonds is 7. The number of aromatic nitrogens is 4. The first-order valence-corrected chi connectivity index (χ1v) is 16.1. The van der Waals surface area contributed by atoms with E-state index in [0.29, 0.717) is 48.5 Å². The smallest absolute Gasteiger partial charge is 0.320 e. The second-order valence-corrected chi connectivity index (χ2v) is 13.0. The van der Waals surface area contributed by atoms with Crippen LogP contribution in [0.15, 0.2) is 24.3 Å². The molecule has 3 fully saturated rings. The van der Waals surface area contributed by atoms with Crippen LogP contribution in [0, 0.1) is 18.2 Å². The summed E-state index contributed by atoms with van der Waals surface area (Å²) in [5.41, 5.74) is -0.00334. The van der Waals surface area contributed by atoms with E-state index in [1.54, 1.807) is 0 Å². The quantitative estimate of drug-likeness (QED) is 0.198. The molecule has 4 aromatic rings. The molecule has 1 saturated carbocycles. The fourth-order valence-corrected chi connectivity index (χ4v) is 7.04. The van der Waals surface area contributed by atoms with E-state index < -0.39 is 17.2 Å². The van der Waals surface area contributed by atoms with Crippen LogP contribution < -0.4 is 9.64 Å². The molecule has 0 radical (unpaired) electrons. The zero-order valence-electron chi connectivity index (χ0n) is 27.0. The van der Waals surface area contributed by atoms with Gasteiger partial charge >= 0.3 is 6.01 Å². The van der Waals surface area contributed by atoms with Gasteiger partial charge in [-0.1, -0.05) is 12.0 Å². The number of carbonyl (C=O) groups excluding carboxylic acids is 1. The van der Waals surface area contributed by atoms with Crippen LogP contribution in [0.25, 0.3) is 21.9 Å². The summed E-state index contributed by atoms with van der Waals surface area (Å²) in [5.74, 6) is 1.79. The molecule has 0 amide bonds. The molecule has 3 aliphatic rings. The van der Waals surface area contributed by atoms with Crippen LogP contribution in [-0.2, 0) is 0 Å². The van der Waals surface area contributed by atoms with Crippen LogP contribution in [0.1, 0.15) is 79.7 Å². The summed E-state index contributed by atoms with van der Waals surface area (Å²) in [4.78, 5) is 33.2. The molecular weight excluding hydrogens is 603 g/mol. The average Bonchev–Trinajstić information content (AvgIpc) is 3.61. The number of ketones is 1. The van der Waals surface area contributed by atoms with Gasteiger partial charge in [0.1, 0.15) is 23.7 Å². The lowest BCUT2D eigenvalue weighted by atomic mass is 9.91. The number of imidazole rings is 1. The monoisotopic (exact) mass is 644 g/mol. The van der Waals surface area contributed by atoms with Crippen molar-refractivity contribution in [3.05, 3.63) is 47.0 Å². The van der Waals surface area contributed by atoms with E-state index in [1.165, 1.54) is 24.3 Å². The first kappa shape index (κ1) is 32.6. The number of phenols is 1. The molecule has 0 bridgehead atoms. The summed E-state index contributed by atoms with van der Waals surface area (Å²) in [6.45, 7) is 4.26. The molecule has 248 valence electrons. The Morgan fingerprint density at radius 1 is 1.13 bits per heavy atom. The summed E-state index contributed by atoms with van der Waals surface area (Å²) in [6.07, 6.45) is 11.9. The molecular formula is C35H41FN6O5. The molecule has 7 rings (SSSR count). The maximum atomic E-state index is 14.9. The number of benzene rings is 2. The Labute approximate surface area is 273 Å². The van der Waals surface area contributed by atoms with Gasteiger partial charge in [0.25, 0.3) is 0 Å². The highest BCUT2D eigenvalue weighted by atomic mass is 19.1. The highest BCUT2D eigenvalue weighted by Crippen LogP contribution is 2.41. The molecule has 1 aliphatic carbocycles. The Hall–Kier alpha value is -4.31. The maximum absolute atomic E-state index is 14.9. The summed E-state index contributed by atoms with van der Waals surface area (Å²) in [7, 11) is 3.08. The van der Waals surface area contributed by atoms with Gasteiger partial charge in [-0.25, -0.2) is 9.37 Å². The molecule has 11 nitrogen and oxygen atoms in total. The number of aliphatic hydroxyl groups excluding tert-OH is 1. The van der Waals surface area contributed by atoms with Gasteiger partial charge in [-0.05, 0) is 89.0 Å². The number of anilines is 1. The number of aromatic hydroxyl groups is 1. The SMILES string of the molecule is C#Cc1c(F)ccc2cc(O)cc(C(=O)c3nc4nc(OC[C@@H]5CCCN5C)nc(N5CCC[C@@](C)(O)C5)c4n3C3CCC3)c12.CO. The second-order valence-electron chi connectivity index (χ2n) is 13.0. The van der Waals surface area contributed by atoms with Crippen molar-refractivity contribution >= 4 is 33.5 Å². The number of likely N-dealkylation sites (tertiary alicyclic amines) is 1. The van der Waals surface area contributed by atoms with Crippen LogP contribution in [0.4, 0.5) is 10.2 Å². The number of fused-ring (bicyclic) bond motifs is 2. The molecule has 2 aromatic carbocycles. The second kappa shape index (κ2) is 13.1. The number of halogens is 1. The third-order valence-corrected chi connectivity index (χ3v) is 9.64. The Morgan fingerprint density at radius 3 is 2.57 bits per heavy atom. The fraction of sp³-hybridized carbons (Fsp3) is 0.486. The lowest BCUT2D eigenvalue weighted by Gasteiger charge is -2.38. The molecule has 2 aromatic heterocycles. The van der Waals surface area contributed by atoms with Crippen molar-refractivity contribution in [3.8, 4) is 24.1 Å². The molecule has 2 atom stereocenters. The molecule has 2 aliphatic heterocycles. The van der Waals surface area contributed by atoms with Gasteiger partial charge < -0.3 is 34.4 Å². The number of ether oxygens (including phenoxy) is 1. The van der Waals surface area contributed by atoms with Crippen molar-refractivity contribution in [2.24, 2.45) is 0 Å². The number of terminal acetylenes is 1. The minimum Gasteiger partial charge on any atom is -0.508 e. The predicted octanol–water partition coefficient (Wildman–Crippen LogP) is 4.19. The minimum absolute atomic E-state index is 0.0343. The number of β-amino-alcohol motifs (C(OH)–C–C–N with tert-alkyl or cyclic N) is 1. The first-order chi connectivity index (χ1) is 22.6. The van der Waals surface area contributed by atoms with E-state index in [0.717, 1.165) is 52.2 Å². The van der Waals surface area contributed by atoms with Crippen molar-refractivity contribution in [1.29, 1.82) is 0 Å². The van der Waals surface area contributed by atoms with Gasteiger partial charge in [0.15, 0.2) is 17.3 Å². The van der Waals surface area contributed by atoms with Crippen LogP contribution in [0.2, 0.25) is 0 Å². The topological polar surface area (TPSA) is 137 Å². The first-order valence-electron chi connectivity index (χ1n) is 16.1. The van der Waals surface area contributed by atoms with E-state index in [4.69, 9.17) is 31.2 Å². The number of hydrogen-bond acceptors (Lipinski definition) is 10. The van der Waals surface area contributed by atoms with Crippen LogP contribution >= 0.6 is 0 Å². The van der Waals surface area contributed by atoms with Gasteiger partial charge in [0.05, 0.1) is 11.2 Å². The molecule has 3 N–H and O–H groups in total. The summed E-state index contributed by atoms with van der Waals surface area (Å²) >= 11 is 0. The Bertz CT molecular complexity index is 1860. The average molecular weight is 645 g/mol. The lowest BCUT2D eigenvalue weighted by molar-refractivity contribution is 0.0447. The normalized spacial score (nSPS) is 21.7. The molecule has 2 saturated heterocycles. The van der Waals surface area contributed by atoms with Gasteiger partial charge in [0.2, 0.25) is 5.78 Å². The fourth-order valence-electron chi connectivity index (χ4n) is 7.04. The molecule has 0 spiro atoms. The molecule has 47 heavy (non-hydrogen) atoms. The number of carbonyl (C=O) groups is 1. The summed E-state index contributed by atoms with van der Waals surface area (Å²) < 4.78 is 23.0. The van der Waals surface area contributed by atoms with Crippen molar-refractivity contribution in [1.82, 2.24) is 24.4 Å². The van der Waals surface area contributed by atoms with Crippen LogP contribution in [0.5, 0.6) is 11.8 Å². The van der Waals surface area contributed by atoms with Gasteiger partial charge in [0, 0.05) is 43.2 Å². The summed E-state index contributed by atoms with van der Waals surface area (Å²) in [6, 6.07) is 5.88. The molecule has 12 heteroatoms. The van der Waals surface area contributed by atoms with Gasteiger partial charge in [-0.15, -0.1) is 6.42 Å². The third kappa shape index (κ3) is 6.11. The predicted molar refractivity (Wildman–Crippen MR) is 177 cm³/mol. The van der Waals surface area contributed by atoms with E-state index in [9.17, 15) is 19.4 Å². The Morgan fingerprint density at radius 2 is 1.91 bits per heavy atom. The lowest BCUT2D eigenvalue weighted by Crippen LogP contribution is -2.46. The number of piperidine rings is 1. The number of likely N-dealkylation sites (N-methyl/N-ethyl adjacent to an activating group) is 1. The Balaban J connectivity index is 0.00000190. The van der Waals surface area contributed by atoms with E-state index >= 15 is 0 Å². The standard InChI is InChI=1S/C34H37FN6O4.CH4O/c1-4-24-26(35)12-11-20-16-23(42)17-25(27(20)24)29(43)32-36-30-28(41(32)21-8-5-9-21)31(40-15-7-13-34(2,44)19-40)38-33(37-30)45-18-22-10-6-14-39(22)3;1-2/h1,11-12,16-17,21-22,42,44H,5-10,13-15,18-19H2,2-3H3;2H,1H3/t22-,34+;/m0./s1. The highest BCUT2D eigenvalue weighted by molar-refractivity contribution is 6.17. The van der Waals surface area contributed by atoms with Gasteiger partial charge in [-0.3, -0.25) is 4.79 Å². The number of phenolic OH excluding ortho intramolecular Hbond substituents is 1. The van der Waals surface area contributed by atoms with Gasteiger partial charge in [-0.2, -0.15) is 9.97 Å². The third-order valence-electron chi connectivity index (χ3n) is 9.64. The zero-order chi connectivity index (χ0) is 33.5. The number of hydrogen-bond donors (Lipinski definition) is 3. The molecule has 4 heterocycles. The van der Waals surface area contributed by atoms with Crippen molar-refractivity contribution in [2.45, 2.75) is 69.6 Å². The van der Waals surface area contributed by atoms with Crippen LogP contribution in [-0.4, -0.2) is 97.6 Å². The highest BCUT2D eigenvalue weighted by Gasteiger charge is 2.36. The van der Waals surface area contributed by atoms with E-state index in [2.05, 4.69) is 17.9 Å².